The van der Waals surface area contributed by atoms with Gasteiger partial charge in [-0.2, -0.15) is 0 Å². The van der Waals surface area contributed by atoms with Gasteiger partial charge in [0, 0.05) is 0 Å². The lowest BCUT2D eigenvalue weighted by Gasteiger charge is -2.22. The van der Waals surface area contributed by atoms with Gasteiger partial charge >= 0.3 is 0 Å². The van der Waals surface area contributed by atoms with Crippen molar-refractivity contribution >= 4 is 5.91 Å². The third kappa shape index (κ3) is 1.93. The summed E-state index contributed by atoms with van der Waals surface area (Å²) in [6, 6.07) is -0.0162. The van der Waals surface area contributed by atoms with Crippen molar-refractivity contribution in [3.8, 4) is 0 Å². The molecule has 0 aromatic heterocycles. The van der Waals surface area contributed by atoms with E-state index in [1.54, 1.807) is 0 Å². The molecule has 0 aromatic carbocycles. The highest BCUT2D eigenvalue weighted by atomic mass is 16.1. The highest BCUT2D eigenvalue weighted by molar-refractivity contribution is 5.79. The number of hydrogen-bond acceptors (Lipinski definition) is 2. The molecule has 1 saturated heterocycles. The second kappa shape index (κ2) is 3.72. The molecule has 3 heteroatoms. The third-order valence-electron chi connectivity index (χ3n) is 2.30. The summed E-state index contributed by atoms with van der Waals surface area (Å²) in [5.74, 6) is -0.172. The maximum Gasteiger partial charge on any atom is 0.234 e. The number of carbonyl (C=O) groups excluding carboxylic acids is 1. The van der Waals surface area contributed by atoms with E-state index < -0.39 is 0 Å². The molecule has 11 heavy (non-hydrogen) atoms. The first-order valence-corrected chi connectivity index (χ1v) is 4.29. The van der Waals surface area contributed by atoms with Gasteiger partial charge in [-0.25, -0.2) is 0 Å². The van der Waals surface area contributed by atoms with Gasteiger partial charge in [-0.15, -0.1) is 0 Å². The van der Waals surface area contributed by atoms with Crippen molar-refractivity contribution in [3.63, 3.8) is 0 Å². The molecular formula is C8H16N2O. The fraction of sp³-hybridized carbons (Fsp3) is 0.875. The predicted octanol–water partition coefficient (Wildman–Crippen LogP) is 0.346. The Kier molecular flexibility index (Phi) is 2.88. The average Bonchev–Trinajstić information content (AvgIpc) is 2.40. The molecule has 0 radical (unpaired) electrons. The largest absolute Gasteiger partial charge is 0.368 e. The zero-order valence-corrected chi connectivity index (χ0v) is 7.05. The summed E-state index contributed by atoms with van der Waals surface area (Å²) < 4.78 is 0. The van der Waals surface area contributed by atoms with Crippen LogP contribution in [0.5, 0.6) is 0 Å². The molecule has 2 N–H and O–H groups in total. The van der Waals surface area contributed by atoms with Crippen molar-refractivity contribution in [1.82, 2.24) is 4.90 Å². The first-order valence-electron chi connectivity index (χ1n) is 4.29. The smallest absolute Gasteiger partial charge is 0.234 e. The maximum absolute atomic E-state index is 10.9. The van der Waals surface area contributed by atoms with Gasteiger partial charge in [0.15, 0.2) is 0 Å². The van der Waals surface area contributed by atoms with E-state index in [0.29, 0.717) is 0 Å². The second-order valence-electron chi connectivity index (χ2n) is 3.07. The van der Waals surface area contributed by atoms with Gasteiger partial charge in [0.2, 0.25) is 5.91 Å². The summed E-state index contributed by atoms with van der Waals surface area (Å²) in [6.45, 7) is 4.09. The van der Waals surface area contributed by atoms with Crippen molar-refractivity contribution in [1.29, 1.82) is 0 Å². The molecule has 0 aliphatic carbocycles. The van der Waals surface area contributed by atoms with Gasteiger partial charge in [-0.05, 0) is 32.4 Å². The van der Waals surface area contributed by atoms with Crippen LogP contribution < -0.4 is 5.73 Å². The molecule has 0 aromatic rings. The first-order chi connectivity index (χ1) is 5.25. The number of amides is 1. The minimum Gasteiger partial charge on any atom is -0.368 e. The number of nitrogens with two attached hydrogens (primary N) is 1. The summed E-state index contributed by atoms with van der Waals surface area (Å²) in [6.07, 6.45) is 3.27. The Morgan fingerprint density at radius 2 is 2.09 bits per heavy atom. The van der Waals surface area contributed by atoms with E-state index in [9.17, 15) is 4.79 Å². The van der Waals surface area contributed by atoms with E-state index in [1.807, 2.05) is 6.92 Å². The monoisotopic (exact) mass is 156 g/mol. The van der Waals surface area contributed by atoms with Gasteiger partial charge in [-0.3, -0.25) is 9.69 Å². The normalized spacial score (nSPS) is 21.9. The van der Waals surface area contributed by atoms with E-state index in [0.717, 1.165) is 19.5 Å². The number of primary amides is 1. The number of hydrogen-bond donors (Lipinski definition) is 1. The van der Waals surface area contributed by atoms with Crippen LogP contribution in [0.2, 0.25) is 0 Å². The summed E-state index contributed by atoms with van der Waals surface area (Å²) in [7, 11) is 0. The fourth-order valence-electron chi connectivity index (χ4n) is 1.69. The van der Waals surface area contributed by atoms with Crippen LogP contribution in [0.3, 0.4) is 0 Å². The number of likely N-dealkylation sites (tertiary alicyclic amines) is 1. The van der Waals surface area contributed by atoms with Gasteiger partial charge in [0.25, 0.3) is 0 Å². The Balaban J connectivity index is 2.46. The summed E-state index contributed by atoms with van der Waals surface area (Å²) >= 11 is 0. The quantitative estimate of drug-likeness (QED) is 0.640. The van der Waals surface area contributed by atoms with E-state index in [2.05, 4.69) is 4.90 Å². The molecule has 1 atom stereocenters. The second-order valence-corrected chi connectivity index (χ2v) is 3.07. The predicted molar refractivity (Wildman–Crippen MR) is 44.1 cm³/mol. The van der Waals surface area contributed by atoms with Crippen molar-refractivity contribution in [2.45, 2.75) is 32.2 Å². The molecule has 3 nitrogen and oxygen atoms in total. The molecule has 1 aliphatic rings. The zero-order valence-electron chi connectivity index (χ0n) is 7.05. The Morgan fingerprint density at radius 1 is 1.55 bits per heavy atom. The molecule has 1 amide bonds. The number of carbonyl (C=O) groups is 1. The van der Waals surface area contributed by atoms with Crippen molar-refractivity contribution in [2.75, 3.05) is 13.1 Å². The highest BCUT2D eigenvalue weighted by Gasteiger charge is 2.23. The molecule has 1 fully saturated rings. The van der Waals surface area contributed by atoms with Gasteiger partial charge < -0.3 is 5.73 Å². The van der Waals surface area contributed by atoms with Crippen molar-refractivity contribution in [2.24, 2.45) is 5.73 Å². The molecule has 1 rings (SSSR count). The minimum atomic E-state index is -0.172. The van der Waals surface area contributed by atoms with Gasteiger partial charge in [-0.1, -0.05) is 6.92 Å². The minimum absolute atomic E-state index is 0.0162. The summed E-state index contributed by atoms with van der Waals surface area (Å²) in [5, 5.41) is 0. The highest BCUT2D eigenvalue weighted by Crippen LogP contribution is 2.13. The van der Waals surface area contributed by atoms with Gasteiger partial charge in [0.1, 0.15) is 0 Å². The topological polar surface area (TPSA) is 46.3 Å². The van der Waals surface area contributed by atoms with Gasteiger partial charge in [0.05, 0.1) is 6.04 Å². The lowest BCUT2D eigenvalue weighted by molar-refractivity contribution is -0.122. The molecular weight excluding hydrogens is 140 g/mol. The fourth-order valence-corrected chi connectivity index (χ4v) is 1.69. The maximum atomic E-state index is 10.9. The Bertz CT molecular complexity index is 141. The molecule has 64 valence electrons. The van der Waals surface area contributed by atoms with Crippen LogP contribution in [0.4, 0.5) is 0 Å². The Hall–Kier alpha value is -0.570. The van der Waals surface area contributed by atoms with Crippen LogP contribution >= 0.6 is 0 Å². The summed E-state index contributed by atoms with van der Waals surface area (Å²) in [4.78, 5) is 13.1. The zero-order chi connectivity index (χ0) is 8.27. The van der Waals surface area contributed by atoms with Crippen LogP contribution in [0.25, 0.3) is 0 Å². The Labute approximate surface area is 67.5 Å². The van der Waals surface area contributed by atoms with E-state index >= 15 is 0 Å². The lowest BCUT2D eigenvalue weighted by atomic mass is 10.2. The van der Waals surface area contributed by atoms with Crippen LogP contribution in [-0.2, 0) is 4.79 Å². The van der Waals surface area contributed by atoms with Crippen LogP contribution in [0.15, 0.2) is 0 Å². The van der Waals surface area contributed by atoms with E-state index in [1.165, 1.54) is 12.8 Å². The van der Waals surface area contributed by atoms with Crippen molar-refractivity contribution in [3.05, 3.63) is 0 Å². The number of nitrogens with zero attached hydrogens (tertiary/aromatic N) is 1. The van der Waals surface area contributed by atoms with E-state index in [-0.39, 0.29) is 11.9 Å². The molecule has 0 saturated carbocycles. The molecule has 1 aliphatic heterocycles. The third-order valence-corrected chi connectivity index (χ3v) is 2.30. The van der Waals surface area contributed by atoms with Crippen LogP contribution in [0.1, 0.15) is 26.2 Å². The SMILES string of the molecule is CC[C@@H](C(N)=O)N1CCCC1. The van der Waals surface area contributed by atoms with Crippen molar-refractivity contribution < 1.29 is 4.79 Å². The first kappa shape index (κ1) is 8.53. The molecule has 0 unspecified atom stereocenters. The lowest BCUT2D eigenvalue weighted by Crippen LogP contribution is -2.42. The van der Waals surface area contributed by atoms with E-state index in [4.69, 9.17) is 5.73 Å². The number of rotatable bonds is 3. The standard InChI is InChI=1S/C8H16N2O/c1-2-7(8(9)11)10-5-3-4-6-10/h7H,2-6H2,1H3,(H2,9,11)/t7-/m0/s1. The Morgan fingerprint density at radius 3 is 2.45 bits per heavy atom. The van der Waals surface area contributed by atoms with Crippen LogP contribution in [-0.4, -0.2) is 29.9 Å². The average molecular weight is 156 g/mol. The van der Waals surface area contributed by atoms with Crippen LogP contribution in [0, 0.1) is 0 Å². The molecule has 0 bridgehead atoms. The molecule has 0 spiro atoms. The molecule has 1 heterocycles. The summed E-state index contributed by atoms with van der Waals surface area (Å²) in [5.41, 5.74) is 5.25.